The summed E-state index contributed by atoms with van der Waals surface area (Å²) in [5.74, 6) is -0.819. The summed E-state index contributed by atoms with van der Waals surface area (Å²) in [6.45, 7) is 4.92. The number of aryl methyl sites for hydroxylation is 1. The third-order valence-corrected chi connectivity index (χ3v) is 3.48. The molecule has 2 rings (SSSR count). The van der Waals surface area contributed by atoms with Gasteiger partial charge in [-0.1, -0.05) is 13.3 Å². The second-order valence-corrected chi connectivity index (χ2v) is 4.94. The maximum Gasteiger partial charge on any atom is 0.352 e. The smallest absolute Gasteiger partial charge is 0.352 e. The molecule has 3 heteroatoms. The zero-order valence-corrected chi connectivity index (χ0v) is 9.29. The van der Waals surface area contributed by atoms with Crippen molar-refractivity contribution >= 4 is 5.97 Å². The molecule has 0 aliphatic heterocycles. The molecular formula is C12H17NO2. The molecule has 3 nitrogen and oxygen atoms in total. The van der Waals surface area contributed by atoms with E-state index in [4.69, 9.17) is 5.11 Å². The Morgan fingerprint density at radius 2 is 2.27 bits per heavy atom. The van der Waals surface area contributed by atoms with Crippen LogP contribution in [0.15, 0.2) is 12.3 Å². The zero-order chi connectivity index (χ0) is 11.1. The van der Waals surface area contributed by atoms with E-state index in [2.05, 4.69) is 6.92 Å². The summed E-state index contributed by atoms with van der Waals surface area (Å²) in [6, 6.07) is 1.88. The first kappa shape index (κ1) is 10.3. The lowest BCUT2D eigenvalue weighted by atomic mass is 9.70. The van der Waals surface area contributed by atoms with Crippen molar-refractivity contribution in [3.8, 4) is 0 Å². The molecule has 0 unspecified atom stereocenters. The van der Waals surface area contributed by atoms with Gasteiger partial charge in [0, 0.05) is 12.7 Å². The Morgan fingerprint density at radius 1 is 1.60 bits per heavy atom. The maximum absolute atomic E-state index is 11.1. The van der Waals surface area contributed by atoms with Gasteiger partial charge >= 0.3 is 5.97 Å². The van der Waals surface area contributed by atoms with Crippen LogP contribution in [0.25, 0.3) is 0 Å². The van der Waals surface area contributed by atoms with Crippen LogP contribution in [0.5, 0.6) is 0 Å². The Hall–Kier alpha value is -1.25. The van der Waals surface area contributed by atoms with E-state index in [1.165, 1.54) is 19.3 Å². The van der Waals surface area contributed by atoms with E-state index in [-0.39, 0.29) is 0 Å². The highest BCUT2D eigenvalue weighted by molar-refractivity contribution is 5.87. The van der Waals surface area contributed by atoms with Gasteiger partial charge in [0.05, 0.1) is 0 Å². The number of aromatic nitrogens is 1. The predicted octanol–water partition coefficient (Wildman–Crippen LogP) is 2.68. The molecule has 0 spiro atoms. The molecule has 1 aromatic heterocycles. The molecule has 0 bridgehead atoms. The Labute approximate surface area is 89.7 Å². The van der Waals surface area contributed by atoms with E-state index < -0.39 is 5.97 Å². The van der Waals surface area contributed by atoms with Crippen molar-refractivity contribution in [2.24, 2.45) is 5.41 Å². The van der Waals surface area contributed by atoms with Crippen LogP contribution < -0.4 is 0 Å². The molecule has 1 saturated carbocycles. The molecule has 1 fully saturated rings. The minimum atomic E-state index is -0.819. The SMILES string of the molecule is Cc1ccn(CC2(C)CCC2)c1C(=O)O. The van der Waals surface area contributed by atoms with Crippen molar-refractivity contribution in [2.45, 2.75) is 39.7 Å². The molecule has 0 saturated heterocycles. The standard InChI is InChI=1S/C12H17NO2/c1-9-4-7-13(10(9)11(14)15)8-12(2)5-3-6-12/h4,7H,3,5-6,8H2,1-2H3,(H,14,15). The van der Waals surface area contributed by atoms with Crippen molar-refractivity contribution in [2.75, 3.05) is 0 Å². The largest absolute Gasteiger partial charge is 0.477 e. The number of carboxylic acid groups (broad SMARTS) is 1. The number of hydrogen-bond donors (Lipinski definition) is 1. The molecule has 0 radical (unpaired) electrons. The highest BCUT2D eigenvalue weighted by atomic mass is 16.4. The Kier molecular flexibility index (Phi) is 2.33. The highest BCUT2D eigenvalue weighted by Gasteiger charge is 2.33. The Balaban J connectivity index is 2.24. The lowest BCUT2D eigenvalue weighted by Crippen LogP contribution is -2.31. The number of nitrogens with zero attached hydrogens (tertiary/aromatic N) is 1. The summed E-state index contributed by atoms with van der Waals surface area (Å²) in [7, 11) is 0. The van der Waals surface area contributed by atoms with Gasteiger partial charge in [-0.15, -0.1) is 0 Å². The van der Waals surface area contributed by atoms with Gasteiger partial charge in [0.15, 0.2) is 0 Å². The summed E-state index contributed by atoms with van der Waals surface area (Å²) >= 11 is 0. The van der Waals surface area contributed by atoms with Crippen molar-refractivity contribution in [1.29, 1.82) is 0 Å². The average Bonchev–Trinajstić information content (AvgIpc) is 2.44. The first-order chi connectivity index (χ1) is 7.02. The second-order valence-electron chi connectivity index (χ2n) is 4.94. The number of hydrogen-bond acceptors (Lipinski definition) is 1. The summed E-state index contributed by atoms with van der Waals surface area (Å²) in [6.07, 6.45) is 5.59. The highest BCUT2D eigenvalue weighted by Crippen LogP contribution is 2.42. The number of carbonyl (C=O) groups is 1. The molecule has 82 valence electrons. The first-order valence-corrected chi connectivity index (χ1v) is 5.41. The molecular weight excluding hydrogens is 190 g/mol. The first-order valence-electron chi connectivity index (χ1n) is 5.41. The monoisotopic (exact) mass is 207 g/mol. The topological polar surface area (TPSA) is 42.2 Å². The van der Waals surface area contributed by atoms with Gasteiger partial charge in [-0.05, 0) is 36.8 Å². The van der Waals surface area contributed by atoms with Gasteiger partial charge in [0.2, 0.25) is 0 Å². The van der Waals surface area contributed by atoms with Crippen molar-refractivity contribution in [3.63, 3.8) is 0 Å². The summed E-state index contributed by atoms with van der Waals surface area (Å²) in [4.78, 5) is 11.1. The van der Waals surface area contributed by atoms with Crippen LogP contribution in [-0.2, 0) is 6.54 Å². The van der Waals surface area contributed by atoms with Crippen LogP contribution in [0.1, 0.15) is 42.2 Å². The van der Waals surface area contributed by atoms with Gasteiger partial charge < -0.3 is 9.67 Å². The molecule has 1 heterocycles. The van der Waals surface area contributed by atoms with Crippen LogP contribution >= 0.6 is 0 Å². The zero-order valence-electron chi connectivity index (χ0n) is 9.29. The van der Waals surface area contributed by atoms with E-state index in [0.717, 1.165) is 12.1 Å². The Bertz CT molecular complexity index is 388. The molecule has 0 atom stereocenters. The van der Waals surface area contributed by atoms with E-state index in [1.807, 2.05) is 23.8 Å². The second kappa shape index (κ2) is 3.40. The molecule has 15 heavy (non-hydrogen) atoms. The van der Waals surface area contributed by atoms with E-state index in [1.54, 1.807) is 0 Å². The fraction of sp³-hybridized carbons (Fsp3) is 0.583. The predicted molar refractivity (Wildman–Crippen MR) is 58.1 cm³/mol. The maximum atomic E-state index is 11.1. The summed E-state index contributed by atoms with van der Waals surface area (Å²) in [5.41, 5.74) is 1.61. The molecule has 1 aliphatic carbocycles. The van der Waals surface area contributed by atoms with Gasteiger partial charge in [-0.3, -0.25) is 0 Å². The molecule has 0 aromatic carbocycles. The van der Waals surface area contributed by atoms with Crippen molar-refractivity contribution < 1.29 is 9.90 Å². The lowest BCUT2D eigenvalue weighted by Gasteiger charge is -2.39. The molecule has 1 aliphatic rings. The van der Waals surface area contributed by atoms with Gasteiger partial charge in [-0.2, -0.15) is 0 Å². The third kappa shape index (κ3) is 1.78. The van der Waals surface area contributed by atoms with Crippen LogP contribution in [0.4, 0.5) is 0 Å². The van der Waals surface area contributed by atoms with Crippen LogP contribution in [0, 0.1) is 12.3 Å². The summed E-state index contributed by atoms with van der Waals surface area (Å²) < 4.78 is 1.89. The minimum Gasteiger partial charge on any atom is -0.477 e. The summed E-state index contributed by atoms with van der Waals surface area (Å²) in [5, 5.41) is 9.10. The molecule has 0 amide bonds. The fourth-order valence-electron chi connectivity index (χ4n) is 2.35. The number of rotatable bonds is 3. The van der Waals surface area contributed by atoms with E-state index >= 15 is 0 Å². The normalized spacial score (nSPS) is 18.5. The van der Waals surface area contributed by atoms with Gasteiger partial charge in [0.1, 0.15) is 5.69 Å². The molecule has 1 aromatic rings. The van der Waals surface area contributed by atoms with Gasteiger partial charge in [0.25, 0.3) is 0 Å². The number of carboxylic acids is 1. The van der Waals surface area contributed by atoms with Crippen molar-refractivity contribution in [1.82, 2.24) is 4.57 Å². The third-order valence-electron chi connectivity index (χ3n) is 3.48. The quantitative estimate of drug-likeness (QED) is 0.828. The minimum absolute atomic E-state index is 0.315. The van der Waals surface area contributed by atoms with E-state index in [0.29, 0.717) is 11.1 Å². The van der Waals surface area contributed by atoms with Crippen LogP contribution in [0.2, 0.25) is 0 Å². The Morgan fingerprint density at radius 3 is 2.73 bits per heavy atom. The number of aromatic carboxylic acids is 1. The van der Waals surface area contributed by atoms with Gasteiger partial charge in [-0.25, -0.2) is 4.79 Å². The molecule has 1 N–H and O–H groups in total. The van der Waals surface area contributed by atoms with Crippen LogP contribution in [-0.4, -0.2) is 15.6 Å². The van der Waals surface area contributed by atoms with Crippen molar-refractivity contribution in [3.05, 3.63) is 23.5 Å². The lowest BCUT2D eigenvalue weighted by molar-refractivity contribution is 0.0672. The van der Waals surface area contributed by atoms with Crippen LogP contribution in [0.3, 0.4) is 0 Å². The average molecular weight is 207 g/mol. The fourth-order valence-corrected chi connectivity index (χ4v) is 2.35. The van der Waals surface area contributed by atoms with E-state index in [9.17, 15) is 4.79 Å².